The number of pyridine rings is 1. The van der Waals surface area contributed by atoms with Crippen molar-refractivity contribution in [1.82, 2.24) is 4.98 Å². The van der Waals surface area contributed by atoms with Crippen LogP contribution in [0.4, 0.5) is 22.0 Å². The first-order valence-corrected chi connectivity index (χ1v) is 7.97. The maximum atomic E-state index is 12.5. The average Bonchev–Trinajstić information content (AvgIpc) is 2.24. The van der Waals surface area contributed by atoms with Gasteiger partial charge in [0.2, 0.25) is 5.88 Å². The van der Waals surface area contributed by atoms with Gasteiger partial charge in [-0.05, 0) is 6.07 Å². The van der Waals surface area contributed by atoms with Crippen LogP contribution in [-0.4, -0.2) is 19.8 Å². The molecule has 0 radical (unpaired) electrons. The summed E-state index contributed by atoms with van der Waals surface area (Å²) in [5.74, 6) is -1.30. The molecule has 0 atom stereocenters. The quantitative estimate of drug-likeness (QED) is 0.436. The molecule has 0 aliphatic carbocycles. The van der Waals surface area contributed by atoms with Crippen molar-refractivity contribution in [2.45, 2.75) is 23.0 Å². The first kappa shape index (κ1) is 17.4. The van der Waals surface area contributed by atoms with Gasteiger partial charge in [0.25, 0.3) is 15.5 Å². The Morgan fingerprint density at radius 2 is 1.95 bits per heavy atom. The van der Waals surface area contributed by atoms with Gasteiger partial charge in [0.05, 0.1) is 4.90 Å². The molecule has 0 aliphatic heterocycles. The van der Waals surface area contributed by atoms with E-state index < -0.39 is 49.2 Å². The van der Waals surface area contributed by atoms with Gasteiger partial charge in [0, 0.05) is 21.6 Å². The van der Waals surface area contributed by atoms with E-state index in [-0.39, 0.29) is 0 Å². The SMILES string of the molecule is O=S(=O)(Cl)c1cc(C(F)F)nc(OC(F)(F)F)c1CBr. The number of hydrogen-bond acceptors (Lipinski definition) is 4. The Morgan fingerprint density at radius 1 is 1.40 bits per heavy atom. The van der Waals surface area contributed by atoms with E-state index in [1.807, 2.05) is 0 Å². The van der Waals surface area contributed by atoms with Crippen LogP contribution in [0, 0.1) is 0 Å². The van der Waals surface area contributed by atoms with E-state index in [4.69, 9.17) is 10.7 Å². The minimum atomic E-state index is -5.22. The van der Waals surface area contributed by atoms with Crippen LogP contribution >= 0.6 is 26.6 Å². The van der Waals surface area contributed by atoms with E-state index in [1.165, 1.54) is 0 Å². The second-order valence-electron chi connectivity index (χ2n) is 3.25. The molecule has 4 nitrogen and oxygen atoms in total. The third-order valence-electron chi connectivity index (χ3n) is 1.90. The number of alkyl halides is 6. The molecule has 0 saturated carbocycles. The van der Waals surface area contributed by atoms with Crippen molar-refractivity contribution in [1.29, 1.82) is 0 Å². The normalized spacial score (nSPS) is 12.8. The molecule has 0 aliphatic rings. The number of ether oxygens (including phenoxy) is 1. The van der Waals surface area contributed by atoms with E-state index in [1.54, 1.807) is 0 Å². The topological polar surface area (TPSA) is 56.3 Å². The Hall–Kier alpha value is -0.680. The Kier molecular flexibility index (Phi) is 5.19. The fraction of sp³-hybridized carbons (Fsp3) is 0.375. The van der Waals surface area contributed by atoms with E-state index in [0.29, 0.717) is 6.07 Å². The Balaban J connectivity index is 3.60. The van der Waals surface area contributed by atoms with E-state index >= 15 is 0 Å². The van der Waals surface area contributed by atoms with Crippen LogP contribution in [0.15, 0.2) is 11.0 Å². The van der Waals surface area contributed by atoms with Gasteiger partial charge in [-0.15, -0.1) is 13.2 Å². The third kappa shape index (κ3) is 4.42. The highest BCUT2D eigenvalue weighted by molar-refractivity contribution is 9.08. The van der Waals surface area contributed by atoms with Gasteiger partial charge < -0.3 is 4.74 Å². The number of hydrogen-bond donors (Lipinski definition) is 0. The minimum Gasteiger partial charge on any atom is -0.387 e. The van der Waals surface area contributed by atoms with Crippen molar-refractivity contribution < 1.29 is 35.1 Å². The molecule has 0 fully saturated rings. The van der Waals surface area contributed by atoms with Crippen molar-refractivity contribution in [3.05, 3.63) is 17.3 Å². The Labute approximate surface area is 122 Å². The lowest BCUT2D eigenvalue weighted by Gasteiger charge is -2.14. The van der Waals surface area contributed by atoms with Crippen LogP contribution in [0.25, 0.3) is 0 Å². The smallest absolute Gasteiger partial charge is 0.387 e. The van der Waals surface area contributed by atoms with Crippen LogP contribution in [0.1, 0.15) is 17.7 Å². The first-order valence-electron chi connectivity index (χ1n) is 4.54. The summed E-state index contributed by atoms with van der Waals surface area (Å²) in [7, 11) is 0.446. The third-order valence-corrected chi connectivity index (χ3v) is 3.85. The Bertz CT molecular complexity index is 607. The van der Waals surface area contributed by atoms with E-state index in [9.17, 15) is 30.4 Å². The molecule has 1 heterocycles. The van der Waals surface area contributed by atoms with Crippen LogP contribution in [-0.2, 0) is 14.4 Å². The summed E-state index contributed by atoms with van der Waals surface area (Å²) < 4.78 is 87.5. The van der Waals surface area contributed by atoms with Crippen molar-refractivity contribution in [2.75, 3.05) is 0 Å². The maximum absolute atomic E-state index is 12.5. The number of halogens is 7. The lowest BCUT2D eigenvalue weighted by Crippen LogP contribution is -2.20. The van der Waals surface area contributed by atoms with Gasteiger partial charge in [0.15, 0.2) is 0 Å². The molecule has 0 amide bonds. The predicted octanol–water partition coefficient (Wildman–Crippen LogP) is 3.74. The van der Waals surface area contributed by atoms with Crippen LogP contribution in [0.2, 0.25) is 0 Å². The zero-order chi connectivity index (χ0) is 15.7. The molecule has 1 aromatic heterocycles. The van der Waals surface area contributed by atoms with Gasteiger partial charge in [-0.1, -0.05) is 15.9 Å². The fourth-order valence-electron chi connectivity index (χ4n) is 1.19. The summed E-state index contributed by atoms with van der Waals surface area (Å²) in [5.41, 5.74) is -1.81. The molecule has 20 heavy (non-hydrogen) atoms. The molecule has 1 aromatic rings. The molecule has 12 heteroatoms. The summed E-state index contributed by atoms with van der Waals surface area (Å²) in [6.07, 6.45) is -8.52. The predicted molar refractivity (Wildman–Crippen MR) is 61.5 cm³/mol. The largest absolute Gasteiger partial charge is 0.574 e. The van der Waals surface area contributed by atoms with Gasteiger partial charge >= 0.3 is 6.36 Å². The zero-order valence-corrected chi connectivity index (χ0v) is 12.2. The van der Waals surface area contributed by atoms with Crippen molar-refractivity contribution in [3.8, 4) is 5.88 Å². The van der Waals surface area contributed by atoms with Gasteiger partial charge in [0.1, 0.15) is 5.69 Å². The minimum absolute atomic E-state index is 0.396. The second-order valence-corrected chi connectivity index (χ2v) is 6.34. The van der Waals surface area contributed by atoms with E-state index in [0.717, 1.165) is 0 Å². The fourth-order valence-corrected chi connectivity index (χ4v) is 3.05. The van der Waals surface area contributed by atoms with Crippen LogP contribution in [0.5, 0.6) is 5.88 Å². The zero-order valence-electron chi connectivity index (χ0n) is 9.09. The van der Waals surface area contributed by atoms with E-state index in [2.05, 4.69) is 25.7 Å². The molecule has 0 aromatic carbocycles. The lowest BCUT2D eigenvalue weighted by atomic mass is 10.2. The Morgan fingerprint density at radius 3 is 2.30 bits per heavy atom. The van der Waals surface area contributed by atoms with Gasteiger partial charge in [-0.25, -0.2) is 22.2 Å². The summed E-state index contributed by atoms with van der Waals surface area (Å²) in [4.78, 5) is 2.03. The molecule has 0 unspecified atom stereocenters. The van der Waals surface area contributed by atoms with Gasteiger partial charge in [-0.2, -0.15) is 0 Å². The monoisotopic (exact) mass is 403 g/mol. The van der Waals surface area contributed by atoms with Gasteiger partial charge in [-0.3, -0.25) is 0 Å². The summed E-state index contributed by atoms with van der Waals surface area (Å²) >= 11 is 2.72. The molecule has 1 rings (SSSR count). The number of rotatable bonds is 4. The molecular weight excluding hydrogens is 401 g/mol. The second kappa shape index (κ2) is 5.98. The highest BCUT2D eigenvalue weighted by Crippen LogP contribution is 2.35. The number of aromatic nitrogens is 1. The molecule has 114 valence electrons. The first-order chi connectivity index (χ1) is 8.95. The van der Waals surface area contributed by atoms with Crippen LogP contribution in [0.3, 0.4) is 0 Å². The van der Waals surface area contributed by atoms with Crippen molar-refractivity contribution in [3.63, 3.8) is 0 Å². The molecule has 0 bridgehead atoms. The van der Waals surface area contributed by atoms with Crippen molar-refractivity contribution >= 4 is 35.7 Å². The standard InChI is InChI=1S/C8H4BrClF5NO3S/c9-2-3-5(20(10,17)18)1-4(6(11)12)16-7(3)19-8(13,14)15/h1,6H,2H2. The van der Waals surface area contributed by atoms with Crippen molar-refractivity contribution in [2.24, 2.45) is 0 Å². The highest BCUT2D eigenvalue weighted by Gasteiger charge is 2.35. The van der Waals surface area contributed by atoms with Crippen LogP contribution < -0.4 is 4.74 Å². The highest BCUT2D eigenvalue weighted by atomic mass is 79.9. The molecule has 0 N–H and O–H groups in total. The average molecular weight is 405 g/mol. The molecule has 0 saturated heterocycles. The summed E-state index contributed by atoms with van der Waals surface area (Å²) in [5, 5.41) is -0.448. The maximum Gasteiger partial charge on any atom is 0.574 e. The summed E-state index contributed by atoms with van der Waals surface area (Å²) in [6.45, 7) is 0. The molecular formula is C8H4BrClF5NO3S. The molecule has 0 spiro atoms. The number of nitrogens with zero attached hydrogens (tertiary/aromatic N) is 1. The lowest BCUT2D eigenvalue weighted by molar-refractivity contribution is -0.276. The summed E-state index contributed by atoms with van der Waals surface area (Å²) in [6, 6.07) is 0.396.